The highest BCUT2D eigenvalue weighted by atomic mass is 14.8. The van der Waals surface area contributed by atoms with Crippen LogP contribution in [0.1, 0.15) is 50.7 Å². The summed E-state index contributed by atoms with van der Waals surface area (Å²) in [5, 5.41) is 3.53. The summed E-state index contributed by atoms with van der Waals surface area (Å²) in [6.45, 7) is 10.5. The number of hydrogen-bond acceptors (Lipinski definition) is 1. The number of aryl methyl sites for hydroxylation is 1. The quantitative estimate of drug-likeness (QED) is 0.481. The Morgan fingerprint density at radius 3 is 2.37 bits per heavy atom. The summed E-state index contributed by atoms with van der Waals surface area (Å²) in [6.07, 6.45) is 7.28. The number of unbranched alkanes of at least 4 members (excludes halogenated alkanes) is 1. The molecule has 106 valence electrons. The van der Waals surface area contributed by atoms with Gasteiger partial charge in [0.05, 0.1) is 0 Å². The largest absolute Gasteiger partial charge is 0.316 e. The Morgan fingerprint density at radius 2 is 1.74 bits per heavy atom. The second kappa shape index (κ2) is 9.80. The lowest BCUT2D eigenvalue weighted by molar-refractivity contribution is 0.644. The Hall–Kier alpha value is -1.08. The number of rotatable bonds is 10. The third kappa shape index (κ3) is 7.17. The molecule has 1 nitrogen and oxygen atoms in total. The Kier molecular flexibility index (Phi) is 8.24. The van der Waals surface area contributed by atoms with Gasteiger partial charge in [0, 0.05) is 0 Å². The lowest BCUT2D eigenvalue weighted by Crippen LogP contribution is -2.19. The molecule has 0 radical (unpaired) electrons. The molecule has 0 saturated heterocycles. The molecule has 19 heavy (non-hydrogen) atoms. The van der Waals surface area contributed by atoms with E-state index in [1.54, 1.807) is 0 Å². The van der Waals surface area contributed by atoms with Crippen molar-refractivity contribution in [3.8, 4) is 0 Å². The van der Waals surface area contributed by atoms with Gasteiger partial charge in [0.25, 0.3) is 0 Å². The normalized spacial score (nSPS) is 10.6. The van der Waals surface area contributed by atoms with Crippen molar-refractivity contribution >= 4 is 0 Å². The zero-order chi connectivity index (χ0) is 13.9. The SMILES string of the molecule is C=C(C)CCCNCCc1ccccc1CCCC. The van der Waals surface area contributed by atoms with Crippen LogP contribution in [0, 0.1) is 0 Å². The molecule has 0 unspecified atom stereocenters. The second-order valence-electron chi connectivity index (χ2n) is 5.43. The van der Waals surface area contributed by atoms with Crippen molar-refractivity contribution in [3.63, 3.8) is 0 Å². The number of hydrogen-bond donors (Lipinski definition) is 1. The van der Waals surface area contributed by atoms with Crippen molar-refractivity contribution < 1.29 is 0 Å². The fourth-order valence-electron chi connectivity index (χ4n) is 2.28. The van der Waals surface area contributed by atoms with Gasteiger partial charge in [-0.25, -0.2) is 0 Å². The molecule has 1 rings (SSSR count). The summed E-state index contributed by atoms with van der Waals surface area (Å²) < 4.78 is 0. The molecule has 1 N–H and O–H groups in total. The third-order valence-electron chi connectivity index (χ3n) is 3.45. The molecule has 0 atom stereocenters. The summed E-state index contributed by atoms with van der Waals surface area (Å²) >= 11 is 0. The first-order chi connectivity index (χ1) is 9.24. The van der Waals surface area contributed by atoms with Crippen molar-refractivity contribution in [3.05, 3.63) is 47.5 Å². The minimum Gasteiger partial charge on any atom is -0.316 e. The van der Waals surface area contributed by atoms with Gasteiger partial charge in [-0.2, -0.15) is 0 Å². The highest BCUT2D eigenvalue weighted by molar-refractivity contribution is 5.27. The van der Waals surface area contributed by atoms with Gasteiger partial charge in [-0.3, -0.25) is 0 Å². The molecule has 0 aromatic heterocycles. The average molecular weight is 259 g/mol. The predicted octanol–water partition coefficient (Wildman–Crippen LogP) is 4.52. The van der Waals surface area contributed by atoms with Crippen molar-refractivity contribution in [2.75, 3.05) is 13.1 Å². The summed E-state index contributed by atoms with van der Waals surface area (Å²) in [6, 6.07) is 8.88. The van der Waals surface area contributed by atoms with Crippen LogP contribution in [0.15, 0.2) is 36.4 Å². The van der Waals surface area contributed by atoms with E-state index in [1.165, 1.54) is 42.4 Å². The lowest BCUT2D eigenvalue weighted by atomic mass is 10.00. The zero-order valence-electron chi connectivity index (χ0n) is 12.7. The van der Waals surface area contributed by atoms with Gasteiger partial charge >= 0.3 is 0 Å². The van der Waals surface area contributed by atoms with E-state index < -0.39 is 0 Å². The van der Waals surface area contributed by atoms with Crippen molar-refractivity contribution in [2.45, 2.75) is 52.4 Å². The van der Waals surface area contributed by atoms with E-state index in [4.69, 9.17) is 0 Å². The number of allylic oxidation sites excluding steroid dienone is 1. The zero-order valence-corrected chi connectivity index (χ0v) is 12.7. The van der Waals surface area contributed by atoms with E-state index >= 15 is 0 Å². The summed E-state index contributed by atoms with van der Waals surface area (Å²) in [7, 11) is 0. The van der Waals surface area contributed by atoms with Crippen LogP contribution in [0.3, 0.4) is 0 Å². The first-order valence-electron chi connectivity index (χ1n) is 7.66. The first kappa shape index (κ1) is 16.0. The van der Waals surface area contributed by atoms with Gasteiger partial charge < -0.3 is 5.32 Å². The standard InChI is InChI=1S/C18H29N/c1-4-5-10-17-11-6-7-12-18(17)13-15-19-14-8-9-16(2)3/h6-7,11-12,19H,2,4-5,8-10,13-15H2,1,3H3. The second-order valence-corrected chi connectivity index (χ2v) is 5.43. The molecule has 0 saturated carbocycles. The van der Waals surface area contributed by atoms with Crippen LogP contribution in [-0.2, 0) is 12.8 Å². The van der Waals surface area contributed by atoms with Crippen LogP contribution in [0.5, 0.6) is 0 Å². The maximum absolute atomic E-state index is 3.93. The molecule has 0 bridgehead atoms. The fourth-order valence-corrected chi connectivity index (χ4v) is 2.28. The molecule has 1 aromatic carbocycles. The maximum Gasteiger partial charge on any atom is -0.000825 e. The molecule has 0 aliphatic heterocycles. The number of nitrogens with one attached hydrogen (secondary N) is 1. The molecule has 0 aliphatic carbocycles. The molecule has 0 amide bonds. The third-order valence-corrected chi connectivity index (χ3v) is 3.45. The summed E-state index contributed by atoms with van der Waals surface area (Å²) in [4.78, 5) is 0. The number of benzene rings is 1. The van der Waals surface area contributed by atoms with E-state index in [0.717, 1.165) is 25.9 Å². The molecule has 0 spiro atoms. The van der Waals surface area contributed by atoms with E-state index in [9.17, 15) is 0 Å². The summed E-state index contributed by atoms with van der Waals surface area (Å²) in [5.74, 6) is 0. The van der Waals surface area contributed by atoms with Crippen molar-refractivity contribution in [1.82, 2.24) is 5.32 Å². The van der Waals surface area contributed by atoms with Gasteiger partial charge in [-0.05, 0) is 63.2 Å². The van der Waals surface area contributed by atoms with Gasteiger partial charge in [0.15, 0.2) is 0 Å². The van der Waals surface area contributed by atoms with Crippen LogP contribution in [0.4, 0.5) is 0 Å². The average Bonchev–Trinajstić information content (AvgIpc) is 2.41. The van der Waals surface area contributed by atoms with Crippen LogP contribution in [0.2, 0.25) is 0 Å². The van der Waals surface area contributed by atoms with Gasteiger partial charge in [-0.1, -0.05) is 43.2 Å². The molecular formula is C18H29N. The lowest BCUT2D eigenvalue weighted by Gasteiger charge is -2.10. The van der Waals surface area contributed by atoms with E-state index in [2.05, 4.69) is 50.0 Å². The van der Waals surface area contributed by atoms with Crippen LogP contribution in [-0.4, -0.2) is 13.1 Å². The molecule has 0 heterocycles. The van der Waals surface area contributed by atoms with Gasteiger partial charge in [-0.15, -0.1) is 6.58 Å². The fraction of sp³-hybridized carbons (Fsp3) is 0.556. The van der Waals surface area contributed by atoms with Crippen LogP contribution in [0.25, 0.3) is 0 Å². The molecule has 1 heteroatoms. The maximum atomic E-state index is 3.93. The van der Waals surface area contributed by atoms with Gasteiger partial charge in [0.1, 0.15) is 0 Å². The highest BCUT2D eigenvalue weighted by Gasteiger charge is 2.00. The monoisotopic (exact) mass is 259 g/mol. The Bertz CT molecular complexity index is 368. The van der Waals surface area contributed by atoms with E-state index in [1.807, 2.05) is 0 Å². The van der Waals surface area contributed by atoms with E-state index in [-0.39, 0.29) is 0 Å². The Labute approximate surface area is 119 Å². The highest BCUT2D eigenvalue weighted by Crippen LogP contribution is 2.12. The minimum absolute atomic E-state index is 1.08. The molecule has 1 aromatic rings. The van der Waals surface area contributed by atoms with Crippen LogP contribution >= 0.6 is 0 Å². The van der Waals surface area contributed by atoms with Gasteiger partial charge in [0.2, 0.25) is 0 Å². The Morgan fingerprint density at radius 1 is 1.05 bits per heavy atom. The smallest absolute Gasteiger partial charge is 0.000825 e. The predicted molar refractivity (Wildman–Crippen MR) is 85.7 cm³/mol. The summed E-state index contributed by atoms with van der Waals surface area (Å²) in [5.41, 5.74) is 4.34. The molecule has 0 aliphatic rings. The van der Waals surface area contributed by atoms with Crippen LogP contribution < -0.4 is 5.32 Å². The molecule has 0 fully saturated rings. The Balaban J connectivity index is 2.26. The van der Waals surface area contributed by atoms with E-state index in [0.29, 0.717) is 0 Å². The van der Waals surface area contributed by atoms with Crippen molar-refractivity contribution in [1.29, 1.82) is 0 Å². The minimum atomic E-state index is 1.08. The topological polar surface area (TPSA) is 12.0 Å². The first-order valence-corrected chi connectivity index (χ1v) is 7.66. The molecular weight excluding hydrogens is 230 g/mol. The van der Waals surface area contributed by atoms with Crippen molar-refractivity contribution in [2.24, 2.45) is 0 Å².